The summed E-state index contributed by atoms with van der Waals surface area (Å²) >= 11 is 0. The molecule has 2 rings (SSSR count). The Labute approximate surface area is 162 Å². The number of ether oxygens (including phenoxy) is 1. The summed E-state index contributed by atoms with van der Waals surface area (Å²) in [6, 6.07) is 18.7. The standard InChI is InChI=1S/C22H28N4O/c1-2-20-17-21(11-12-22(20)25-24)26(18-19-9-4-3-5-10-19)14-6-7-15-27-16-8-13-23/h3-5,9-12,17,24H,2,6-8,14-16,18H2,1H3. The zero-order valence-corrected chi connectivity index (χ0v) is 16.0. The van der Waals surface area contributed by atoms with Crippen LogP contribution in [0.1, 0.15) is 37.3 Å². The Bertz CT molecular complexity index is 740. The highest BCUT2D eigenvalue weighted by atomic mass is 16.5. The van der Waals surface area contributed by atoms with Crippen LogP contribution in [0.3, 0.4) is 0 Å². The number of aryl methyl sites for hydroxylation is 1. The maximum Gasteiger partial charge on any atom is 0.0883 e. The lowest BCUT2D eigenvalue weighted by atomic mass is 10.1. The molecule has 0 saturated heterocycles. The number of nitrogens with one attached hydrogen (secondary N) is 1. The molecule has 0 saturated carbocycles. The minimum atomic E-state index is 0.452. The van der Waals surface area contributed by atoms with E-state index in [1.807, 2.05) is 12.1 Å². The molecule has 0 unspecified atom stereocenters. The van der Waals surface area contributed by atoms with Gasteiger partial charge in [0.15, 0.2) is 0 Å². The molecule has 0 aliphatic rings. The van der Waals surface area contributed by atoms with E-state index in [1.165, 1.54) is 5.56 Å². The molecule has 0 amide bonds. The summed E-state index contributed by atoms with van der Waals surface area (Å²) in [6.45, 7) is 5.07. The van der Waals surface area contributed by atoms with Crippen molar-refractivity contribution in [1.29, 1.82) is 10.8 Å². The second kappa shape index (κ2) is 11.8. The van der Waals surface area contributed by atoms with Crippen molar-refractivity contribution in [2.24, 2.45) is 5.11 Å². The Hall–Kier alpha value is -2.71. The van der Waals surface area contributed by atoms with E-state index < -0.39 is 0 Å². The Morgan fingerprint density at radius 1 is 1.11 bits per heavy atom. The molecule has 1 N–H and O–H groups in total. The van der Waals surface area contributed by atoms with Gasteiger partial charge in [0, 0.05) is 25.4 Å². The first-order valence-electron chi connectivity index (χ1n) is 9.52. The van der Waals surface area contributed by atoms with Gasteiger partial charge >= 0.3 is 0 Å². The minimum Gasteiger partial charge on any atom is -0.380 e. The van der Waals surface area contributed by atoms with Gasteiger partial charge in [0.1, 0.15) is 0 Å². The van der Waals surface area contributed by atoms with E-state index in [2.05, 4.69) is 59.4 Å². The van der Waals surface area contributed by atoms with Gasteiger partial charge in [0.2, 0.25) is 0 Å². The van der Waals surface area contributed by atoms with E-state index in [4.69, 9.17) is 15.5 Å². The number of hydrogen-bond donors (Lipinski definition) is 1. The Kier molecular flexibility index (Phi) is 9.02. The Morgan fingerprint density at radius 2 is 1.93 bits per heavy atom. The second-order valence-electron chi connectivity index (χ2n) is 6.41. The molecule has 0 fully saturated rings. The molecular weight excluding hydrogens is 336 g/mol. The quantitative estimate of drug-likeness (QED) is 0.392. The first-order valence-corrected chi connectivity index (χ1v) is 9.52. The van der Waals surface area contributed by atoms with E-state index >= 15 is 0 Å². The zero-order chi connectivity index (χ0) is 19.3. The van der Waals surface area contributed by atoms with Gasteiger partial charge in [0.25, 0.3) is 0 Å². The Morgan fingerprint density at radius 3 is 2.63 bits per heavy atom. The van der Waals surface area contributed by atoms with Gasteiger partial charge in [-0.05, 0) is 48.6 Å². The SMILES string of the molecule is CCc1cc(N(CCCCOCCC#N)Cc2ccccc2)ccc1N=N. The van der Waals surface area contributed by atoms with Crippen molar-refractivity contribution >= 4 is 11.4 Å². The zero-order valence-electron chi connectivity index (χ0n) is 16.0. The van der Waals surface area contributed by atoms with Crippen LogP contribution >= 0.6 is 0 Å². The molecule has 0 radical (unpaired) electrons. The Balaban J connectivity index is 2.03. The highest BCUT2D eigenvalue weighted by molar-refractivity contribution is 5.58. The van der Waals surface area contributed by atoms with Gasteiger partial charge in [-0.25, -0.2) is 5.53 Å². The summed E-state index contributed by atoms with van der Waals surface area (Å²) in [7, 11) is 0. The molecule has 0 aliphatic heterocycles. The number of nitrogens with zero attached hydrogens (tertiary/aromatic N) is 3. The first kappa shape index (κ1) is 20.6. The molecule has 0 aliphatic carbocycles. The number of benzene rings is 2. The van der Waals surface area contributed by atoms with E-state index in [9.17, 15) is 0 Å². The average Bonchev–Trinajstić information content (AvgIpc) is 2.72. The van der Waals surface area contributed by atoms with Crippen molar-refractivity contribution in [3.05, 3.63) is 59.7 Å². The summed E-state index contributed by atoms with van der Waals surface area (Å²) in [5.74, 6) is 0. The van der Waals surface area contributed by atoms with Crippen molar-refractivity contribution in [1.82, 2.24) is 0 Å². The maximum atomic E-state index is 8.53. The molecule has 0 atom stereocenters. The molecule has 27 heavy (non-hydrogen) atoms. The fourth-order valence-electron chi connectivity index (χ4n) is 2.99. The van der Waals surface area contributed by atoms with E-state index in [0.29, 0.717) is 19.6 Å². The summed E-state index contributed by atoms with van der Waals surface area (Å²) in [4.78, 5) is 2.37. The number of rotatable bonds is 12. The molecule has 0 aromatic heterocycles. The topological polar surface area (TPSA) is 72.5 Å². The van der Waals surface area contributed by atoms with E-state index in [0.717, 1.165) is 49.3 Å². The maximum absolute atomic E-state index is 8.53. The van der Waals surface area contributed by atoms with Crippen LogP contribution < -0.4 is 4.90 Å². The van der Waals surface area contributed by atoms with Crippen molar-refractivity contribution in [2.45, 2.75) is 39.2 Å². The molecule has 0 spiro atoms. The van der Waals surface area contributed by atoms with Gasteiger partial charge in [-0.3, -0.25) is 0 Å². The molecule has 0 heterocycles. The molecule has 5 heteroatoms. The van der Waals surface area contributed by atoms with Crippen LogP contribution in [-0.2, 0) is 17.7 Å². The number of anilines is 1. The lowest BCUT2D eigenvalue weighted by Gasteiger charge is -2.26. The number of unbranched alkanes of at least 4 members (excludes halogenated alkanes) is 1. The summed E-state index contributed by atoms with van der Waals surface area (Å²) in [5, 5.41) is 12.2. The molecule has 2 aromatic rings. The fraction of sp³-hybridized carbons (Fsp3) is 0.409. The van der Waals surface area contributed by atoms with Crippen molar-refractivity contribution in [2.75, 3.05) is 24.7 Å². The van der Waals surface area contributed by atoms with Crippen molar-refractivity contribution < 1.29 is 4.74 Å². The lowest BCUT2D eigenvalue weighted by molar-refractivity contribution is 0.136. The summed E-state index contributed by atoms with van der Waals surface area (Å²) in [6.07, 6.45) is 3.30. The number of hydrogen-bond acceptors (Lipinski definition) is 5. The van der Waals surface area contributed by atoms with Crippen LogP contribution in [0.25, 0.3) is 0 Å². The second-order valence-corrected chi connectivity index (χ2v) is 6.41. The van der Waals surface area contributed by atoms with Gasteiger partial charge in [0.05, 0.1) is 24.8 Å². The molecule has 142 valence electrons. The van der Waals surface area contributed by atoms with Crippen LogP contribution in [0, 0.1) is 16.9 Å². The molecule has 5 nitrogen and oxygen atoms in total. The summed E-state index contributed by atoms with van der Waals surface area (Å²) in [5.41, 5.74) is 11.6. The molecule has 2 aromatic carbocycles. The monoisotopic (exact) mass is 364 g/mol. The smallest absolute Gasteiger partial charge is 0.0883 e. The highest BCUT2D eigenvalue weighted by Gasteiger charge is 2.10. The predicted molar refractivity (Wildman–Crippen MR) is 108 cm³/mol. The van der Waals surface area contributed by atoms with Crippen LogP contribution in [-0.4, -0.2) is 19.8 Å². The normalized spacial score (nSPS) is 10.4. The third kappa shape index (κ3) is 6.84. The third-order valence-corrected chi connectivity index (χ3v) is 4.47. The van der Waals surface area contributed by atoms with Gasteiger partial charge < -0.3 is 9.64 Å². The van der Waals surface area contributed by atoms with Gasteiger partial charge in [-0.15, -0.1) is 0 Å². The molecular formula is C22H28N4O. The average molecular weight is 364 g/mol. The summed E-state index contributed by atoms with van der Waals surface area (Å²) < 4.78 is 5.47. The van der Waals surface area contributed by atoms with Crippen LogP contribution in [0.5, 0.6) is 0 Å². The van der Waals surface area contributed by atoms with E-state index in [1.54, 1.807) is 0 Å². The van der Waals surface area contributed by atoms with Crippen molar-refractivity contribution in [3.8, 4) is 6.07 Å². The van der Waals surface area contributed by atoms with Gasteiger partial charge in [-0.2, -0.15) is 10.4 Å². The van der Waals surface area contributed by atoms with Crippen LogP contribution in [0.2, 0.25) is 0 Å². The predicted octanol–water partition coefficient (Wildman–Crippen LogP) is 5.63. The minimum absolute atomic E-state index is 0.452. The highest BCUT2D eigenvalue weighted by Crippen LogP contribution is 2.27. The van der Waals surface area contributed by atoms with Gasteiger partial charge in [-0.1, -0.05) is 37.3 Å². The van der Waals surface area contributed by atoms with Crippen LogP contribution in [0.15, 0.2) is 53.6 Å². The third-order valence-electron chi connectivity index (χ3n) is 4.47. The van der Waals surface area contributed by atoms with E-state index in [-0.39, 0.29) is 0 Å². The van der Waals surface area contributed by atoms with Crippen LogP contribution in [0.4, 0.5) is 11.4 Å². The van der Waals surface area contributed by atoms with Crippen molar-refractivity contribution in [3.63, 3.8) is 0 Å². The fourth-order valence-corrected chi connectivity index (χ4v) is 2.99. The largest absolute Gasteiger partial charge is 0.380 e. The molecule has 0 bridgehead atoms. The lowest BCUT2D eigenvalue weighted by Crippen LogP contribution is -2.24. The number of nitriles is 1. The first-order chi connectivity index (χ1) is 13.3.